The fourth-order valence-electron chi connectivity index (χ4n) is 1.27. The molecule has 0 fully saturated rings. The second-order valence-electron chi connectivity index (χ2n) is 3.27. The standard InChI is InChI=1S/C11H18N4/c1-3-13-11(15-12)14-8-10-7-5-4-6-9(10)2/h4-7H,3,8,12H2,1-2H3,(H2,13,14,15). The van der Waals surface area contributed by atoms with Crippen LogP contribution in [0.4, 0.5) is 0 Å². The van der Waals surface area contributed by atoms with Crippen molar-refractivity contribution in [2.24, 2.45) is 10.8 Å². The van der Waals surface area contributed by atoms with Crippen LogP contribution in [0.15, 0.2) is 29.3 Å². The number of benzene rings is 1. The van der Waals surface area contributed by atoms with Gasteiger partial charge in [-0.3, -0.25) is 5.43 Å². The number of guanidine groups is 1. The van der Waals surface area contributed by atoms with Crippen molar-refractivity contribution in [2.75, 3.05) is 6.54 Å². The first-order valence-electron chi connectivity index (χ1n) is 5.07. The molecule has 0 heterocycles. The predicted molar refractivity (Wildman–Crippen MR) is 63.3 cm³/mol. The number of hydrogen-bond acceptors (Lipinski definition) is 2. The molecular formula is C11H18N4. The van der Waals surface area contributed by atoms with Crippen LogP contribution in [-0.4, -0.2) is 12.5 Å². The molecule has 1 rings (SSSR count). The lowest BCUT2D eigenvalue weighted by Crippen LogP contribution is -2.41. The molecule has 0 spiro atoms. The first kappa shape index (κ1) is 11.5. The Kier molecular flexibility index (Phi) is 4.63. The van der Waals surface area contributed by atoms with Crippen molar-refractivity contribution in [1.82, 2.24) is 10.7 Å². The Morgan fingerprint density at radius 2 is 2.13 bits per heavy atom. The zero-order chi connectivity index (χ0) is 11.1. The van der Waals surface area contributed by atoms with E-state index in [1.807, 2.05) is 19.1 Å². The minimum atomic E-state index is 0.626. The van der Waals surface area contributed by atoms with E-state index in [0.29, 0.717) is 12.5 Å². The molecule has 0 amide bonds. The molecule has 0 atom stereocenters. The van der Waals surface area contributed by atoms with E-state index < -0.39 is 0 Å². The molecule has 0 unspecified atom stereocenters. The number of hydrazine groups is 1. The molecule has 4 N–H and O–H groups in total. The third-order valence-corrected chi connectivity index (χ3v) is 2.15. The van der Waals surface area contributed by atoms with Gasteiger partial charge in [-0.25, -0.2) is 10.8 Å². The van der Waals surface area contributed by atoms with Gasteiger partial charge < -0.3 is 5.32 Å². The van der Waals surface area contributed by atoms with Crippen molar-refractivity contribution >= 4 is 5.96 Å². The van der Waals surface area contributed by atoms with Gasteiger partial charge in [-0.05, 0) is 25.0 Å². The number of nitrogens with one attached hydrogen (secondary N) is 2. The quantitative estimate of drug-likeness (QED) is 0.298. The zero-order valence-corrected chi connectivity index (χ0v) is 9.25. The second-order valence-corrected chi connectivity index (χ2v) is 3.27. The third kappa shape index (κ3) is 3.59. The summed E-state index contributed by atoms with van der Waals surface area (Å²) in [6.45, 7) is 5.52. The van der Waals surface area contributed by atoms with Gasteiger partial charge >= 0.3 is 0 Å². The summed E-state index contributed by atoms with van der Waals surface area (Å²) in [6.07, 6.45) is 0. The molecule has 0 aliphatic rings. The number of aryl methyl sites for hydroxylation is 1. The SMILES string of the molecule is CCNC(=NCc1ccccc1C)NN. The Hall–Kier alpha value is -1.55. The summed E-state index contributed by atoms with van der Waals surface area (Å²) in [5, 5.41) is 3.04. The largest absolute Gasteiger partial charge is 0.356 e. The van der Waals surface area contributed by atoms with Gasteiger partial charge in [0.25, 0.3) is 0 Å². The van der Waals surface area contributed by atoms with Gasteiger partial charge in [-0.1, -0.05) is 24.3 Å². The summed E-state index contributed by atoms with van der Waals surface area (Å²) in [5.41, 5.74) is 4.99. The Morgan fingerprint density at radius 3 is 2.73 bits per heavy atom. The van der Waals surface area contributed by atoms with E-state index in [1.165, 1.54) is 11.1 Å². The Balaban J connectivity index is 2.65. The molecule has 4 heteroatoms. The number of aliphatic imine (C=N–C) groups is 1. The molecule has 0 saturated heterocycles. The van der Waals surface area contributed by atoms with Crippen LogP contribution in [0.3, 0.4) is 0 Å². The average molecular weight is 206 g/mol. The van der Waals surface area contributed by atoms with Gasteiger partial charge in [-0.2, -0.15) is 0 Å². The van der Waals surface area contributed by atoms with Gasteiger partial charge in [0.1, 0.15) is 0 Å². The Morgan fingerprint density at radius 1 is 1.40 bits per heavy atom. The van der Waals surface area contributed by atoms with Crippen LogP contribution >= 0.6 is 0 Å². The van der Waals surface area contributed by atoms with Gasteiger partial charge in [-0.15, -0.1) is 0 Å². The molecule has 0 aliphatic heterocycles. The van der Waals surface area contributed by atoms with Crippen LogP contribution in [0.25, 0.3) is 0 Å². The summed E-state index contributed by atoms with van der Waals surface area (Å²) in [5.74, 6) is 5.94. The zero-order valence-electron chi connectivity index (χ0n) is 9.25. The third-order valence-electron chi connectivity index (χ3n) is 2.15. The van der Waals surface area contributed by atoms with Gasteiger partial charge in [0.15, 0.2) is 0 Å². The first-order valence-corrected chi connectivity index (χ1v) is 5.07. The summed E-state index contributed by atoms with van der Waals surface area (Å²) in [7, 11) is 0. The van der Waals surface area contributed by atoms with Crippen LogP contribution in [0.5, 0.6) is 0 Å². The molecular weight excluding hydrogens is 188 g/mol. The van der Waals surface area contributed by atoms with E-state index in [-0.39, 0.29) is 0 Å². The molecule has 15 heavy (non-hydrogen) atoms. The smallest absolute Gasteiger partial charge is 0.206 e. The highest BCUT2D eigenvalue weighted by molar-refractivity contribution is 5.79. The van der Waals surface area contributed by atoms with Gasteiger partial charge in [0, 0.05) is 6.54 Å². The first-order chi connectivity index (χ1) is 7.27. The number of nitrogens with two attached hydrogens (primary N) is 1. The molecule has 0 saturated carbocycles. The molecule has 1 aromatic rings. The van der Waals surface area contributed by atoms with Crippen molar-refractivity contribution in [3.8, 4) is 0 Å². The molecule has 4 nitrogen and oxygen atoms in total. The van der Waals surface area contributed by atoms with Crippen molar-refractivity contribution in [2.45, 2.75) is 20.4 Å². The Labute approximate surface area is 90.6 Å². The van der Waals surface area contributed by atoms with Crippen LogP contribution in [-0.2, 0) is 6.54 Å². The van der Waals surface area contributed by atoms with E-state index in [2.05, 4.69) is 34.8 Å². The van der Waals surface area contributed by atoms with Crippen LogP contribution in [0.2, 0.25) is 0 Å². The predicted octanol–water partition coefficient (Wildman–Crippen LogP) is 0.924. The average Bonchev–Trinajstić information content (AvgIpc) is 2.26. The maximum Gasteiger partial charge on any atom is 0.206 e. The van der Waals surface area contributed by atoms with Gasteiger partial charge in [0.2, 0.25) is 5.96 Å². The van der Waals surface area contributed by atoms with Crippen molar-refractivity contribution < 1.29 is 0 Å². The lowest BCUT2D eigenvalue weighted by Gasteiger charge is -2.07. The van der Waals surface area contributed by atoms with Crippen LogP contribution < -0.4 is 16.6 Å². The van der Waals surface area contributed by atoms with E-state index in [4.69, 9.17) is 5.84 Å². The highest BCUT2D eigenvalue weighted by Crippen LogP contribution is 2.07. The Bertz CT molecular complexity index is 333. The summed E-state index contributed by atoms with van der Waals surface area (Å²) in [4.78, 5) is 4.33. The molecule has 1 aromatic carbocycles. The van der Waals surface area contributed by atoms with E-state index in [1.54, 1.807) is 0 Å². The monoisotopic (exact) mass is 206 g/mol. The number of nitrogens with zero attached hydrogens (tertiary/aromatic N) is 1. The highest BCUT2D eigenvalue weighted by Gasteiger charge is 1.96. The lowest BCUT2D eigenvalue weighted by atomic mass is 10.1. The minimum Gasteiger partial charge on any atom is -0.356 e. The molecule has 82 valence electrons. The number of hydrogen-bond donors (Lipinski definition) is 3. The summed E-state index contributed by atoms with van der Waals surface area (Å²) < 4.78 is 0. The fraction of sp³-hybridized carbons (Fsp3) is 0.364. The fourth-order valence-corrected chi connectivity index (χ4v) is 1.27. The van der Waals surface area contributed by atoms with Crippen LogP contribution in [0.1, 0.15) is 18.1 Å². The van der Waals surface area contributed by atoms with Crippen molar-refractivity contribution in [1.29, 1.82) is 0 Å². The van der Waals surface area contributed by atoms with Crippen LogP contribution in [0, 0.1) is 6.92 Å². The van der Waals surface area contributed by atoms with Crippen molar-refractivity contribution in [3.05, 3.63) is 35.4 Å². The van der Waals surface area contributed by atoms with Crippen molar-refractivity contribution in [3.63, 3.8) is 0 Å². The number of rotatable bonds is 3. The molecule has 0 aliphatic carbocycles. The summed E-state index contributed by atoms with van der Waals surface area (Å²) in [6, 6.07) is 8.18. The minimum absolute atomic E-state index is 0.626. The summed E-state index contributed by atoms with van der Waals surface area (Å²) >= 11 is 0. The molecule has 0 aromatic heterocycles. The van der Waals surface area contributed by atoms with E-state index in [9.17, 15) is 0 Å². The molecule has 0 bridgehead atoms. The van der Waals surface area contributed by atoms with E-state index in [0.717, 1.165) is 6.54 Å². The highest BCUT2D eigenvalue weighted by atomic mass is 15.3. The maximum absolute atomic E-state index is 5.32. The normalized spacial score (nSPS) is 11.3. The lowest BCUT2D eigenvalue weighted by molar-refractivity contribution is 0.851. The maximum atomic E-state index is 5.32. The van der Waals surface area contributed by atoms with Gasteiger partial charge in [0.05, 0.1) is 6.54 Å². The second kappa shape index (κ2) is 6.03. The van der Waals surface area contributed by atoms with E-state index >= 15 is 0 Å². The molecule has 0 radical (unpaired) electrons. The topological polar surface area (TPSA) is 62.4 Å².